The van der Waals surface area contributed by atoms with Crippen LogP contribution in [-0.4, -0.2) is 5.11 Å². The summed E-state index contributed by atoms with van der Waals surface area (Å²) >= 11 is 8.69. The lowest BCUT2D eigenvalue weighted by atomic mass is 10.2. The van der Waals surface area contributed by atoms with Gasteiger partial charge in [-0.05, 0) is 33.6 Å². The molecule has 1 N–H and O–H groups in total. The molecule has 0 spiro atoms. The monoisotopic (exact) mass is 220 g/mol. The molecule has 0 saturated carbocycles. The smallest absolute Gasteiger partial charge is 0.130 e. The molecule has 0 saturated heterocycles. The lowest BCUT2D eigenvalue weighted by Crippen LogP contribution is -1.76. The molecule has 0 atom stereocenters. The van der Waals surface area contributed by atoms with Gasteiger partial charge in [-0.25, -0.2) is 0 Å². The van der Waals surface area contributed by atoms with Crippen molar-refractivity contribution in [1.82, 2.24) is 0 Å². The van der Waals surface area contributed by atoms with Crippen LogP contribution in [0.25, 0.3) is 0 Å². The average Bonchev–Trinajstić information content (AvgIpc) is 1.95. The minimum atomic E-state index is 0.234. The second-order valence-electron chi connectivity index (χ2n) is 1.92. The molecular formula is C7H6BrClO. The summed E-state index contributed by atoms with van der Waals surface area (Å²) in [6.45, 7) is 0. The third-order valence-electron chi connectivity index (χ3n) is 1.16. The number of aromatic hydroxyl groups is 1. The van der Waals surface area contributed by atoms with Crippen LogP contribution in [0.3, 0.4) is 0 Å². The fourth-order valence-electron chi connectivity index (χ4n) is 0.641. The van der Waals surface area contributed by atoms with Gasteiger partial charge in [0.1, 0.15) is 5.75 Å². The number of benzene rings is 1. The van der Waals surface area contributed by atoms with Crippen LogP contribution in [0.15, 0.2) is 22.7 Å². The van der Waals surface area contributed by atoms with Crippen molar-refractivity contribution in [3.8, 4) is 5.75 Å². The summed E-state index contributed by atoms with van der Waals surface area (Å²) in [5.41, 5.74) is 0.919. The highest BCUT2D eigenvalue weighted by Crippen LogP contribution is 2.24. The van der Waals surface area contributed by atoms with Gasteiger partial charge in [0.2, 0.25) is 0 Å². The minimum Gasteiger partial charge on any atom is -0.507 e. The summed E-state index contributed by atoms with van der Waals surface area (Å²) in [5.74, 6) is 0.666. The van der Waals surface area contributed by atoms with Gasteiger partial charge in [0, 0.05) is 5.88 Å². The first-order chi connectivity index (χ1) is 4.74. The lowest BCUT2D eigenvalue weighted by Gasteiger charge is -1.97. The molecule has 0 heterocycles. The van der Waals surface area contributed by atoms with E-state index in [1.54, 1.807) is 12.1 Å². The number of hydrogen-bond donors (Lipinski definition) is 1. The summed E-state index contributed by atoms with van der Waals surface area (Å²) in [6, 6.07) is 5.26. The lowest BCUT2D eigenvalue weighted by molar-refractivity contribution is 0.471. The Balaban J connectivity index is 3.04. The molecular weight excluding hydrogens is 215 g/mol. The molecule has 0 fully saturated rings. The highest BCUT2D eigenvalue weighted by molar-refractivity contribution is 9.10. The molecule has 1 aromatic carbocycles. The van der Waals surface area contributed by atoms with Crippen molar-refractivity contribution >= 4 is 27.5 Å². The van der Waals surface area contributed by atoms with Crippen LogP contribution in [0, 0.1) is 0 Å². The summed E-state index contributed by atoms with van der Waals surface area (Å²) in [6.07, 6.45) is 0. The van der Waals surface area contributed by atoms with Gasteiger partial charge in [0.25, 0.3) is 0 Å². The van der Waals surface area contributed by atoms with Gasteiger partial charge < -0.3 is 5.11 Å². The van der Waals surface area contributed by atoms with Crippen LogP contribution in [0.2, 0.25) is 0 Å². The number of phenols is 1. The molecule has 1 nitrogen and oxygen atoms in total. The SMILES string of the molecule is Oc1cc(CCl)ccc1Br. The second kappa shape index (κ2) is 3.26. The Morgan fingerprint density at radius 3 is 2.70 bits per heavy atom. The Hall–Kier alpha value is -0.210. The van der Waals surface area contributed by atoms with Crippen LogP contribution in [0.5, 0.6) is 5.75 Å². The number of alkyl halides is 1. The fraction of sp³-hybridized carbons (Fsp3) is 0.143. The zero-order valence-electron chi connectivity index (χ0n) is 5.14. The van der Waals surface area contributed by atoms with Crippen molar-refractivity contribution in [2.24, 2.45) is 0 Å². The Kier molecular flexibility index (Phi) is 2.57. The van der Waals surface area contributed by atoms with Crippen LogP contribution in [0.1, 0.15) is 5.56 Å². The minimum absolute atomic E-state index is 0.234. The van der Waals surface area contributed by atoms with E-state index in [-0.39, 0.29) is 5.75 Å². The summed E-state index contributed by atoms with van der Waals surface area (Å²) in [5, 5.41) is 9.13. The predicted octanol–water partition coefficient (Wildman–Crippen LogP) is 2.89. The first-order valence-corrected chi connectivity index (χ1v) is 4.10. The van der Waals surface area contributed by atoms with Crippen LogP contribution >= 0.6 is 27.5 Å². The summed E-state index contributed by atoms with van der Waals surface area (Å²) in [4.78, 5) is 0. The third kappa shape index (κ3) is 1.64. The normalized spacial score (nSPS) is 9.80. The Morgan fingerprint density at radius 1 is 1.50 bits per heavy atom. The van der Waals surface area contributed by atoms with E-state index in [4.69, 9.17) is 16.7 Å². The zero-order valence-corrected chi connectivity index (χ0v) is 7.48. The second-order valence-corrected chi connectivity index (χ2v) is 3.04. The molecule has 0 aliphatic heterocycles. The van der Waals surface area contributed by atoms with Gasteiger partial charge in [0.15, 0.2) is 0 Å². The molecule has 0 radical (unpaired) electrons. The van der Waals surface area contributed by atoms with Gasteiger partial charge >= 0.3 is 0 Å². The molecule has 1 aromatic rings. The van der Waals surface area contributed by atoms with E-state index in [9.17, 15) is 0 Å². The van der Waals surface area contributed by atoms with E-state index in [0.29, 0.717) is 10.4 Å². The van der Waals surface area contributed by atoms with Crippen molar-refractivity contribution < 1.29 is 5.11 Å². The van der Waals surface area contributed by atoms with Crippen LogP contribution in [0.4, 0.5) is 0 Å². The molecule has 54 valence electrons. The Bertz CT molecular complexity index is 237. The highest BCUT2D eigenvalue weighted by Gasteiger charge is 1.96. The van der Waals surface area contributed by atoms with Crippen molar-refractivity contribution in [3.05, 3.63) is 28.2 Å². The molecule has 0 aromatic heterocycles. The van der Waals surface area contributed by atoms with E-state index in [1.807, 2.05) is 6.07 Å². The van der Waals surface area contributed by atoms with Gasteiger partial charge in [0.05, 0.1) is 4.47 Å². The van der Waals surface area contributed by atoms with Crippen molar-refractivity contribution in [3.63, 3.8) is 0 Å². The van der Waals surface area contributed by atoms with E-state index < -0.39 is 0 Å². The van der Waals surface area contributed by atoms with Gasteiger partial charge in [-0.15, -0.1) is 11.6 Å². The zero-order chi connectivity index (χ0) is 7.56. The third-order valence-corrected chi connectivity index (χ3v) is 2.14. The van der Waals surface area contributed by atoms with Crippen molar-refractivity contribution in [1.29, 1.82) is 0 Å². The maximum Gasteiger partial charge on any atom is 0.130 e. The number of phenolic OH excluding ortho intramolecular Hbond substituents is 1. The molecule has 0 aliphatic rings. The van der Waals surface area contributed by atoms with Gasteiger partial charge in [-0.2, -0.15) is 0 Å². The molecule has 3 heteroatoms. The standard InChI is InChI=1S/C7H6BrClO/c8-6-2-1-5(4-9)3-7(6)10/h1-3,10H,4H2. The van der Waals surface area contributed by atoms with E-state index in [2.05, 4.69) is 15.9 Å². The number of hydrogen-bond acceptors (Lipinski definition) is 1. The van der Waals surface area contributed by atoms with Crippen LogP contribution < -0.4 is 0 Å². The highest BCUT2D eigenvalue weighted by atomic mass is 79.9. The maximum atomic E-state index is 9.13. The van der Waals surface area contributed by atoms with Crippen molar-refractivity contribution in [2.45, 2.75) is 5.88 Å². The maximum absolute atomic E-state index is 9.13. The molecule has 1 rings (SSSR count). The van der Waals surface area contributed by atoms with Crippen molar-refractivity contribution in [2.75, 3.05) is 0 Å². The quantitative estimate of drug-likeness (QED) is 0.723. The number of rotatable bonds is 1. The average molecular weight is 221 g/mol. The summed E-state index contributed by atoms with van der Waals surface area (Å²) < 4.78 is 0.696. The van der Waals surface area contributed by atoms with E-state index >= 15 is 0 Å². The van der Waals surface area contributed by atoms with E-state index in [1.165, 1.54) is 0 Å². The molecule has 0 aliphatic carbocycles. The number of halogens is 2. The van der Waals surface area contributed by atoms with E-state index in [0.717, 1.165) is 5.56 Å². The molecule has 10 heavy (non-hydrogen) atoms. The predicted molar refractivity (Wildman–Crippen MR) is 45.4 cm³/mol. The largest absolute Gasteiger partial charge is 0.507 e. The summed E-state index contributed by atoms with van der Waals surface area (Å²) in [7, 11) is 0. The van der Waals surface area contributed by atoms with Gasteiger partial charge in [-0.3, -0.25) is 0 Å². The molecule has 0 bridgehead atoms. The molecule has 0 unspecified atom stereocenters. The first kappa shape index (κ1) is 7.89. The molecule has 0 amide bonds. The topological polar surface area (TPSA) is 20.2 Å². The fourth-order valence-corrected chi connectivity index (χ4v) is 1.05. The Labute approximate surface area is 72.8 Å². The van der Waals surface area contributed by atoms with Crippen LogP contribution in [-0.2, 0) is 5.88 Å². The Morgan fingerprint density at radius 2 is 2.20 bits per heavy atom. The van der Waals surface area contributed by atoms with Gasteiger partial charge in [-0.1, -0.05) is 6.07 Å². The first-order valence-electron chi connectivity index (χ1n) is 2.77.